The second-order valence-electron chi connectivity index (χ2n) is 9.97. The highest BCUT2D eigenvalue weighted by Crippen LogP contribution is 2.52. The van der Waals surface area contributed by atoms with E-state index in [9.17, 15) is 4.79 Å². The van der Waals surface area contributed by atoms with Crippen LogP contribution in [-0.4, -0.2) is 49.7 Å². The van der Waals surface area contributed by atoms with Gasteiger partial charge in [-0.25, -0.2) is 4.98 Å². The number of fused-ring (bicyclic) bond motifs is 2. The fraction of sp³-hybridized carbons (Fsp3) is 0.583. The van der Waals surface area contributed by atoms with Crippen LogP contribution in [-0.2, 0) is 11.2 Å². The van der Waals surface area contributed by atoms with E-state index in [1.165, 1.54) is 17.8 Å². The summed E-state index contributed by atoms with van der Waals surface area (Å²) in [7, 11) is 4.78. The Labute approximate surface area is 188 Å². The summed E-state index contributed by atoms with van der Waals surface area (Å²) in [5.74, 6) is 1.92. The minimum atomic E-state index is 0.188. The third-order valence-corrected chi connectivity index (χ3v) is 7.47. The summed E-state index contributed by atoms with van der Waals surface area (Å²) in [5, 5.41) is 2.81. The fourth-order valence-corrected chi connectivity index (χ4v) is 6.54. The van der Waals surface area contributed by atoms with Gasteiger partial charge in [-0.1, -0.05) is 20.8 Å². The van der Waals surface area contributed by atoms with Crippen LogP contribution in [0.5, 0.6) is 17.2 Å². The summed E-state index contributed by atoms with van der Waals surface area (Å²) in [6, 6.07) is 4.13. The summed E-state index contributed by atoms with van der Waals surface area (Å²) in [4.78, 5) is 20.0. The van der Waals surface area contributed by atoms with E-state index in [1.807, 2.05) is 17.5 Å². The molecular formula is C24H32N2O4S. The van der Waals surface area contributed by atoms with Crippen molar-refractivity contribution in [3.63, 3.8) is 0 Å². The molecule has 31 heavy (non-hydrogen) atoms. The van der Waals surface area contributed by atoms with Gasteiger partial charge in [0.1, 0.15) is 5.01 Å². The number of aromatic nitrogens is 1. The molecule has 0 unspecified atom stereocenters. The topological polar surface area (TPSA) is 60.9 Å². The highest BCUT2D eigenvalue weighted by molar-refractivity contribution is 7.13. The first-order valence-electron chi connectivity index (χ1n) is 10.7. The molecule has 2 aliphatic rings. The van der Waals surface area contributed by atoms with Gasteiger partial charge in [0.25, 0.3) is 0 Å². The van der Waals surface area contributed by atoms with Crippen LogP contribution in [0.4, 0.5) is 0 Å². The molecule has 2 heterocycles. The van der Waals surface area contributed by atoms with Crippen LogP contribution in [0.15, 0.2) is 17.5 Å². The number of carbonyl (C=O) groups is 1. The van der Waals surface area contributed by atoms with Crippen LogP contribution in [0.1, 0.15) is 45.7 Å². The minimum absolute atomic E-state index is 0.188. The highest BCUT2D eigenvalue weighted by Gasteiger charge is 2.50. The lowest BCUT2D eigenvalue weighted by Crippen LogP contribution is -2.38. The number of benzene rings is 1. The molecule has 2 aromatic rings. The summed E-state index contributed by atoms with van der Waals surface area (Å²) in [6.07, 6.45) is 3.73. The fourth-order valence-electron chi connectivity index (χ4n) is 5.73. The highest BCUT2D eigenvalue weighted by atomic mass is 32.1. The lowest BCUT2D eigenvalue weighted by atomic mass is 9.65. The van der Waals surface area contributed by atoms with Gasteiger partial charge in [0.15, 0.2) is 11.5 Å². The van der Waals surface area contributed by atoms with Crippen molar-refractivity contribution in [3.05, 3.63) is 23.2 Å². The van der Waals surface area contributed by atoms with Crippen LogP contribution in [0.2, 0.25) is 0 Å². The molecule has 1 aliphatic carbocycles. The van der Waals surface area contributed by atoms with Gasteiger partial charge in [0.2, 0.25) is 11.7 Å². The number of thiazole rings is 1. The average Bonchev–Trinajstić information content (AvgIpc) is 3.27. The number of hydrogen-bond donors (Lipinski definition) is 0. The monoisotopic (exact) mass is 444 g/mol. The van der Waals surface area contributed by atoms with E-state index in [-0.39, 0.29) is 11.3 Å². The average molecular weight is 445 g/mol. The van der Waals surface area contributed by atoms with E-state index in [1.54, 1.807) is 21.3 Å². The normalized spacial score (nSPS) is 24.2. The van der Waals surface area contributed by atoms with Crippen molar-refractivity contribution in [3.8, 4) is 27.8 Å². The molecular weight excluding hydrogens is 412 g/mol. The van der Waals surface area contributed by atoms with E-state index in [0.29, 0.717) is 35.1 Å². The Morgan fingerprint density at radius 3 is 2.42 bits per heavy atom. The molecule has 0 N–H and O–H groups in total. The molecule has 1 aromatic heterocycles. The van der Waals surface area contributed by atoms with Gasteiger partial charge in [0.05, 0.1) is 33.4 Å². The quantitative estimate of drug-likeness (QED) is 0.640. The zero-order chi connectivity index (χ0) is 22.4. The maximum absolute atomic E-state index is 13.2. The first kappa shape index (κ1) is 21.9. The van der Waals surface area contributed by atoms with Crippen molar-refractivity contribution in [2.24, 2.45) is 10.8 Å². The minimum Gasteiger partial charge on any atom is -0.493 e. The van der Waals surface area contributed by atoms with Gasteiger partial charge < -0.3 is 19.1 Å². The molecule has 1 amide bonds. The van der Waals surface area contributed by atoms with E-state index in [2.05, 4.69) is 25.7 Å². The van der Waals surface area contributed by atoms with Gasteiger partial charge in [-0.3, -0.25) is 4.79 Å². The summed E-state index contributed by atoms with van der Waals surface area (Å²) in [5.41, 5.74) is 2.23. The Kier molecular flexibility index (Phi) is 5.66. The molecule has 0 spiro atoms. The number of carbonyl (C=O) groups excluding carboxylic acids is 1. The molecule has 1 saturated carbocycles. The van der Waals surface area contributed by atoms with Gasteiger partial charge in [-0.2, -0.15) is 0 Å². The Balaban J connectivity index is 1.52. The third kappa shape index (κ3) is 4.25. The smallest absolute Gasteiger partial charge is 0.228 e. The Hall–Kier alpha value is -2.28. The molecule has 2 bridgehead atoms. The van der Waals surface area contributed by atoms with Crippen LogP contribution >= 0.6 is 11.3 Å². The van der Waals surface area contributed by atoms with E-state index in [0.717, 1.165) is 35.7 Å². The van der Waals surface area contributed by atoms with Crippen LogP contribution in [0.3, 0.4) is 0 Å². The molecule has 2 atom stereocenters. The number of likely N-dealkylation sites (tertiary alicyclic amines) is 1. The largest absolute Gasteiger partial charge is 0.493 e. The second kappa shape index (κ2) is 8.01. The lowest BCUT2D eigenvalue weighted by Gasteiger charge is -2.39. The molecule has 7 heteroatoms. The number of amides is 1. The van der Waals surface area contributed by atoms with Gasteiger partial charge in [-0.05, 0) is 42.2 Å². The van der Waals surface area contributed by atoms with Gasteiger partial charge in [-0.15, -0.1) is 11.3 Å². The van der Waals surface area contributed by atoms with Crippen LogP contribution < -0.4 is 14.2 Å². The Bertz CT molecular complexity index is 961. The molecule has 168 valence electrons. The summed E-state index contributed by atoms with van der Waals surface area (Å²) >= 11 is 1.52. The van der Waals surface area contributed by atoms with E-state index < -0.39 is 0 Å². The number of methoxy groups -OCH3 is 3. The van der Waals surface area contributed by atoms with Crippen LogP contribution in [0.25, 0.3) is 10.6 Å². The van der Waals surface area contributed by atoms with Crippen molar-refractivity contribution in [2.45, 2.75) is 52.5 Å². The lowest BCUT2D eigenvalue weighted by molar-refractivity contribution is -0.131. The van der Waals surface area contributed by atoms with Crippen molar-refractivity contribution in [1.82, 2.24) is 9.88 Å². The van der Waals surface area contributed by atoms with Crippen molar-refractivity contribution in [2.75, 3.05) is 27.9 Å². The maximum Gasteiger partial charge on any atom is 0.228 e. The first-order chi connectivity index (χ1) is 14.7. The van der Waals surface area contributed by atoms with Crippen molar-refractivity contribution >= 4 is 17.2 Å². The van der Waals surface area contributed by atoms with Crippen molar-refractivity contribution in [1.29, 1.82) is 0 Å². The molecule has 0 radical (unpaired) electrons. The summed E-state index contributed by atoms with van der Waals surface area (Å²) < 4.78 is 16.3. The number of rotatable bonds is 6. The zero-order valence-electron chi connectivity index (χ0n) is 19.3. The predicted molar refractivity (Wildman–Crippen MR) is 122 cm³/mol. The zero-order valence-corrected chi connectivity index (χ0v) is 20.1. The Morgan fingerprint density at radius 2 is 1.81 bits per heavy atom. The van der Waals surface area contributed by atoms with Gasteiger partial charge in [0, 0.05) is 23.5 Å². The molecule has 1 aliphatic heterocycles. The third-order valence-electron chi connectivity index (χ3n) is 6.53. The first-order valence-corrected chi connectivity index (χ1v) is 11.6. The Morgan fingerprint density at radius 1 is 1.13 bits per heavy atom. The number of hydrogen-bond acceptors (Lipinski definition) is 6. The number of ether oxygens (including phenoxy) is 3. The molecule has 1 aromatic carbocycles. The van der Waals surface area contributed by atoms with Crippen molar-refractivity contribution < 1.29 is 19.0 Å². The SMILES string of the molecule is COc1cc(-c2nc(CC(=O)N3C[C@]4(C)C[C@@H]3CC(C)(C)C4)cs2)cc(OC)c1OC. The maximum atomic E-state index is 13.2. The molecule has 2 fully saturated rings. The van der Waals surface area contributed by atoms with Crippen LogP contribution in [0, 0.1) is 10.8 Å². The molecule has 4 rings (SSSR count). The predicted octanol–water partition coefficient (Wildman–Crippen LogP) is 4.81. The van der Waals surface area contributed by atoms with E-state index in [4.69, 9.17) is 19.2 Å². The molecule has 6 nitrogen and oxygen atoms in total. The number of nitrogens with zero attached hydrogens (tertiary/aromatic N) is 2. The van der Waals surface area contributed by atoms with E-state index >= 15 is 0 Å². The standard InChI is InChI=1S/C24H32N2O4S/c1-23(2)10-17-11-24(3,13-23)14-26(17)20(27)9-16-12-31-22(25-16)15-7-18(28-4)21(30-6)19(8-15)29-5/h7-8,12,17H,9-11,13-14H2,1-6H3/t17-,24+/m0/s1. The van der Waals surface area contributed by atoms with Gasteiger partial charge >= 0.3 is 0 Å². The summed E-state index contributed by atoms with van der Waals surface area (Å²) in [6.45, 7) is 7.86. The molecule has 1 saturated heterocycles. The second-order valence-corrected chi connectivity index (χ2v) is 10.8.